The van der Waals surface area contributed by atoms with Gasteiger partial charge >= 0.3 is 5.97 Å². The second-order valence-corrected chi connectivity index (χ2v) is 13.6. The fraction of sp³-hybridized carbons (Fsp3) is 0.900. The number of carbonyl (C=O) groups excluding carboxylic acids is 4. The first-order valence-corrected chi connectivity index (χ1v) is 20.8. The molecule has 0 aromatic rings. The smallest absolute Gasteiger partial charge is 0.335 e. The number of ether oxygens (including phenoxy) is 6. The first-order valence-electron chi connectivity index (χ1n) is 20.8. The van der Waals surface area contributed by atoms with Gasteiger partial charge in [0, 0.05) is 25.8 Å². The highest BCUT2D eigenvalue weighted by atomic mass is 16.7. The van der Waals surface area contributed by atoms with E-state index in [0.717, 1.165) is 12.8 Å². The summed E-state index contributed by atoms with van der Waals surface area (Å²) in [7, 11) is 0. The lowest BCUT2D eigenvalue weighted by molar-refractivity contribution is -0.198. The number of hydrogen-bond acceptors (Lipinski definition) is 11. The molecule has 1 N–H and O–H groups in total. The maximum absolute atomic E-state index is 12.0. The highest BCUT2D eigenvalue weighted by molar-refractivity contribution is 6.01. The Morgan fingerprint density at radius 3 is 1.21 bits per heavy atom. The van der Waals surface area contributed by atoms with Crippen LogP contribution in [0.2, 0.25) is 0 Å². The third-order valence-electron chi connectivity index (χ3n) is 8.84. The lowest BCUT2D eigenvalue weighted by atomic mass is 10.0. The number of carbonyl (C=O) groups is 4. The summed E-state index contributed by atoms with van der Waals surface area (Å²) in [5.74, 6) is -1.60. The highest BCUT2D eigenvalue weighted by Crippen LogP contribution is 2.15. The molecule has 1 fully saturated rings. The topological polar surface area (TPSA) is 148 Å². The van der Waals surface area contributed by atoms with Crippen LogP contribution in [0.5, 0.6) is 0 Å². The lowest BCUT2D eigenvalue weighted by Gasteiger charge is -2.12. The standard InChI is InChI=1S/C40H74N2O11/c1-2-3-4-5-6-7-8-9-10-11-12-13-14-15-16-17-18-19-20-37(43)41-24-26-48-28-30-50-32-34-52-36-35-51-33-31-49-29-27-47-25-23-40(46)53-42-38(44)21-22-39(42)45/h2-36H2,1H3,(H,41,43). The molecule has 0 atom stereocenters. The van der Waals surface area contributed by atoms with Gasteiger partial charge in [0.05, 0.1) is 85.7 Å². The van der Waals surface area contributed by atoms with E-state index in [4.69, 9.17) is 33.3 Å². The maximum atomic E-state index is 12.0. The van der Waals surface area contributed by atoms with Crippen LogP contribution in [0.25, 0.3) is 0 Å². The number of rotatable bonds is 41. The van der Waals surface area contributed by atoms with Crippen LogP contribution < -0.4 is 5.32 Å². The zero-order chi connectivity index (χ0) is 38.3. The molecule has 0 saturated carbocycles. The number of nitrogens with zero attached hydrogens (tertiary/aromatic N) is 1. The summed E-state index contributed by atoms with van der Waals surface area (Å²) in [6.07, 6.45) is 24.8. The van der Waals surface area contributed by atoms with E-state index in [-0.39, 0.29) is 31.8 Å². The predicted octanol–water partition coefficient (Wildman–Crippen LogP) is 6.63. The number of amides is 3. The number of unbranched alkanes of at least 4 members (excludes halogenated alkanes) is 17. The zero-order valence-corrected chi connectivity index (χ0v) is 33.2. The molecule has 0 unspecified atom stereocenters. The van der Waals surface area contributed by atoms with Crippen LogP contribution in [0.15, 0.2) is 0 Å². The van der Waals surface area contributed by atoms with Crippen LogP contribution >= 0.6 is 0 Å². The number of imide groups is 1. The number of nitrogens with one attached hydrogen (secondary N) is 1. The van der Waals surface area contributed by atoms with Gasteiger partial charge in [-0.2, -0.15) is 0 Å². The van der Waals surface area contributed by atoms with Gasteiger partial charge in [0.15, 0.2) is 0 Å². The van der Waals surface area contributed by atoms with Gasteiger partial charge in [-0.25, -0.2) is 4.79 Å². The Balaban J connectivity index is 1.68. The van der Waals surface area contributed by atoms with Crippen molar-refractivity contribution in [3.05, 3.63) is 0 Å². The van der Waals surface area contributed by atoms with Crippen molar-refractivity contribution in [1.82, 2.24) is 10.4 Å². The Bertz CT molecular complexity index is 877. The Labute approximate surface area is 320 Å². The Kier molecular flexibility index (Phi) is 35.1. The Hall–Kier alpha value is -2.16. The first kappa shape index (κ1) is 48.9. The van der Waals surface area contributed by atoms with Crippen molar-refractivity contribution in [3.8, 4) is 0 Å². The van der Waals surface area contributed by atoms with E-state index < -0.39 is 17.8 Å². The molecule has 0 radical (unpaired) electrons. The molecule has 1 aliphatic heterocycles. The van der Waals surface area contributed by atoms with Gasteiger partial charge in [-0.3, -0.25) is 14.4 Å². The molecule has 310 valence electrons. The fourth-order valence-corrected chi connectivity index (χ4v) is 5.70. The van der Waals surface area contributed by atoms with Crippen LogP contribution in [0.4, 0.5) is 0 Å². The van der Waals surface area contributed by atoms with E-state index in [9.17, 15) is 19.2 Å². The van der Waals surface area contributed by atoms with E-state index in [1.54, 1.807) is 0 Å². The second-order valence-electron chi connectivity index (χ2n) is 13.6. The van der Waals surface area contributed by atoms with Gasteiger partial charge in [-0.05, 0) is 6.42 Å². The van der Waals surface area contributed by atoms with Crippen molar-refractivity contribution in [2.75, 3.05) is 85.8 Å². The van der Waals surface area contributed by atoms with E-state index in [0.29, 0.717) is 90.7 Å². The number of hydroxylamine groups is 2. The lowest BCUT2D eigenvalue weighted by Crippen LogP contribution is -2.32. The first-order chi connectivity index (χ1) is 26.0. The van der Waals surface area contributed by atoms with Gasteiger partial charge in [0.1, 0.15) is 0 Å². The summed E-state index contributed by atoms with van der Waals surface area (Å²) in [4.78, 5) is 51.3. The fourth-order valence-electron chi connectivity index (χ4n) is 5.70. The summed E-state index contributed by atoms with van der Waals surface area (Å²) in [5.41, 5.74) is 0. The van der Waals surface area contributed by atoms with E-state index >= 15 is 0 Å². The third kappa shape index (κ3) is 32.9. The quantitative estimate of drug-likeness (QED) is 0.0529. The molecule has 0 bridgehead atoms. The minimum Gasteiger partial charge on any atom is -0.378 e. The molecular formula is C40H74N2O11. The molecule has 13 nitrogen and oxygen atoms in total. The van der Waals surface area contributed by atoms with Gasteiger partial charge in [0.25, 0.3) is 11.8 Å². The zero-order valence-electron chi connectivity index (χ0n) is 33.2. The van der Waals surface area contributed by atoms with Crippen LogP contribution in [0, 0.1) is 0 Å². The van der Waals surface area contributed by atoms with Crippen LogP contribution in [0.3, 0.4) is 0 Å². The SMILES string of the molecule is CCCCCCCCCCCCCCCCCCCCC(=O)NCCOCCOCCOCCOCCOCCOCCC(=O)ON1C(=O)CCC1=O. The van der Waals surface area contributed by atoms with E-state index in [2.05, 4.69) is 12.2 Å². The Morgan fingerprint density at radius 2 is 0.811 bits per heavy atom. The molecular weight excluding hydrogens is 684 g/mol. The molecule has 1 saturated heterocycles. The normalized spacial score (nSPS) is 13.0. The van der Waals surface area contributed by atoms with Gasteiger partial charge in [-0.1, -0.05) is 116 Å². The minimum absolute atomic E-state index is 0.0623. The average molecular weight is 759 g/mol. The maximum Gasteiger partial charge on any atom is 0.335 e. The summed E-state index contributed by atoms with van der Waals surface area (Å²) < 4.78 is 32.6. The third-order valence-corrected chi connectivity index (χ3v) is 8.84. The summed E-state index contributed by atoms with van der Waals surface area (Å²) in [5, 5.41) is 3.45. The Morgan fingerprint density at radius 1 is 0.472 bits per heavy atom. The molecule has 53 heavy (non-hydrogen) atoms. The molecule has 1 aliphatic rings. The molecule has 3 amide bonds. The van der Waals surface area contributed by atoms with Crippen LogP contribution in [-0.4, -0.2) is 115 Å². The second kappa shape index (κ2) is 38.1. The number of hydrogen-bond donors (Lipinski definition) is 1. The van der Waals surface area contributed by atoms with Crippen molar-refractivity contribution in [2.24, 2.45) is 0 Å². The summed E-state index contributed by atoms with van der Waals surface area (Å²) >= 11 is 0. The molecule has 1 heterocycles. The van der Waals surface area contributed by atoms with Crippen molar-refractivity contribution in [1.29, 1.82) is 0 Å². The molecule has 13 heteroatoms. The molecule has 0 aromatic carbocycles. The molecule has 0 aliphatic carbocycles. The largest absolute Gasteiger partial charge is 0.378 e. The van der Waals surface area contributed by atoms with Crippen molar-refractivity contribution in [3.63, 3.8) is 0 Å². The van der Waals surface area contributed by atoms with Gasteiger partial charge in [0.2, 0.25) is 5.91 Å². The van der Waals surface area contributed by atoms with Gasteiger partial charge in [-0.15, -0.1) is 5.06 Å². The molecule has 1 rings (SSSR count). The monoisotopic (exact) mass is 759 g/mol. The average Bonchev–Trinajstić information content (AvgIpc) is 3.47. The molecule has 0 aromatic heterocycles. The van der Waals surface area contributed by atoms with E-state index in [1.807, 2.05) is 0 Å². The van der Waals surface area contributed by atoms with Crippen LogP contribution in [0.1, 0.15) is 148 Å². The van der Waals surface area contributed by atoms with E-state index in [1.165, 1.54) is 103 Å². The summed E-state index contributed by atoms with van der Waals surface area (Å²) in [6, 6.07) is 0. The predicted molar refractivity (Wildman–Crippen MR) is 203 cm³/mol. The van der Waals surface area contributed by atoms with Gasteiger partial charge < -0.3 is 38.6 Å². The highest BCUT2D eigenvalue weighted by Gasteiger charge is 2.32. The minimum atomic E-state index is -0.695. The summed E-state index contributed by atoms with van der Waals surface area (Å²) in [6.45, 7) is 7.59. The van der Waals surface area contributed by atoms with Crippen molar-refractivity contribution >= 4 is 23.7 Å². The van der Waals surface area contributed by atoms with Crippen molar-refractivity contribution < 1.29 is 52.4 Å². The van der Waals surface area contributed by atoms with Crippen molar-refractivity contribution in [2.45, 2.75) is 148 Å². The van der Waals surface area contributed by atoms with Crippen LogP contribution in [-0.2, 0) is 52.4 Å². The molecule has 0 spiro atoms.